The monoisotopic (exact) mass is 288 g/mol. The van der Waals surface area contributed by atoms with Gasteiger partial charge >= 0.3 is 5.97 Å². The number of nitrogens with zero attached hydrogens (tertiary/aromatic N) is 2. The zero-order valence-corrected chi connectivity index (χ0v) is 12.8. The van der Waals surface area contributed by atoms with Crippen molar-refractivity contribution < 1.29 is 19.6 Å². The molecule has 0 atom stereocenters. The Morgan fingerprint density at radius 3 is 2.20 bits per heavy atom. The molecule has 7 nitrogen and oxygen atoms in total. The zero-order valence-electron chi connectivity index (χ0n) is 12.8. The third-order valence-electron chi connectivity index (χ3n) is 3.57. The van der Waals surface area contributed by atoms with Crippen LogP contribution in [0, 0.1) is 16.0 Å². The van der Waals surface area contributed by atoms with Crippen LogP contribution in [0.25, 0.3) is 0 Å². The summed E-state index contributed by atoms with van der Waals surface area (Å²) < 4.78 is 0. The van der Waals surface area contributed by atoms with Gasteiger partial charge in [-0.2, -0.15) is 0 Å². The lowest BCUT2D eigenvalue weighted by Gasteiger charge is -2.52. The van der Waals surface area contributed by atoms with Crippen LogP contribution in [0.4, 0.5) is 0 Å². The third kappa shape index (κ3) is 4.06. The number of hydroxylamine groups is 2. The van der Waals surface area contributed by atoms with Crippen molar-refractivity contribution in [3.63, 3.8) is 0 Å². The van der Waals surface area contributed by atoms with Crippen LogP contribution >= 0.6 is 0 Å². The van der Waals surface area contributed by atoms with E-state index in [0.717, 1.165) is 0 Å². The largest absolute Gasteiger partial charge is 0.367 e. The molecule has 0 N–H and O–H groups in total. The summed E-state index contributed by atoms with van der Waals surface area (Å²) in [5.74, 6) is -0.215. The molecule has 116 valence electrons. The summed E-state index contributed by atoms with van der Waals surface area (Å²) in [6.45, 7) is 9.70. The average Bonchev–Trinajstić information content (AvgIpc) is 2.30. The lowest BCUT2D eigenvalue weighted by atomic mass is 9.75. The molecule has 0 radical (unpaired) electrons. The van der Waals surface area contributed by atoms with Crippen molar-refractivity contribution in [2.75, 3.05) is 6.61 Å². The standard InChI is InChI=1S/C13H24N2O5/c1-6-11(16)20-14-12(2,3)7-10(8-13(14,4)5)9-19-15(17)18/h10H,6-9H2,1-5H3. The van der Waals surface area contributed by atoms with Gasteiger partial charge in [0, 0.05) is 6.42 Å². The van der Waals surface area contributed by atoms with E-state index in [0.29, 0.717) is 19.3 Å². The Hall–Kier alpha value is -1.37. The van der Waals surface area contributed by atoms with Gasteiger partial charge in [0.15, 0.2) is 0 Å². The topological polar surface area (TPSA) is 81.9 Å². The second kappa shape index (κ2) is 5.95. The van der Waals surface area contributed by atoms with Crippen LogP contribution in [0.3, 0.4) is 0 Å². The Morgan fingerprint density at radius 2 is 1.80 bits per heavy atom. The van der Waals surface area contributed by atoms with Crippen LogP contribution in [-0.2, 0) is 14.5 Å². The highest BCUT2D eigenvalue weighted by molar-refractivity contribution is 5.68. The number of rotatable bonds is 5. The third-order valence-corrected chi connectivity index (χ3v) is 3.57. The van der Waals surface area contributed by atoms with E-state index in [1.165, 1.54) is 0 Å². The molecule has 0 amide bonds. The Balaban J connectivity index is 2.81. The average molecular weight is 288 g/mol. The molecule has 0 aromatic rings. The molecule has 20 heavy (non-hydrogen) atoms. The van der Waals surface area contributed by atoms with Gasteiger partial charge in [-0.3, -0.25) is 4.79 Å². The van der Waals surface area contributed by atoms with Crippen LogP contribution in [0.1, 0.15) is 53.9 Å². The van der Waals surface area contributed by atoms with Crippen molar-refractivity contribution >= 4 is 5.97 Å². The highest BCUT2D eigenvalue weighted by Gasteiger charge is 2.48. The molecule has 1 saturated heterocycles. The van der Waals surface area contributed by atoms with Crippen molar-refractivity contribution in [1.82, 2.24) is 5.06 Å². The predicted octanol–water partition coefficient (Wildman–Crippen LogP) is 2.33. The second-order valence-corrected chi connectivity index (χ2v) is 6.53. The highest BCUT2D eigenvalue weighted by atomic mass is 16.9. The van der Waals surface area contributed by atoms with Crippen molar-refractivity contribution in [1.29, 1.82) is 0 Å². The first kappa shape index (κ1) is 16.7. The molecule has 0 bridgehead atoms. The molecule has 1 heterocycles. The fourth-order valence-electron chi connectivity index (χ4n) is 3.17. The van der Waals surface area contributed by atoms with E-state index in [9.17, 15) is 14.9 Å². The normalized spacial score (nSPS) is 22.2. The van der Waals surface area contributed by atoms with Crippen LogP contribution in [0.2, 0.25) is 0 Å². The summed E-state index contributed by atoms with van der Waals surface area (Å²) in [4.78, 5) is 31.9. The maximum atomic E-state index is 11.6. The van der Waals surface area contributed by atoms with Gasteiger partial charge in [-0.05, 0) is 46.5 Å². The number of hydrogen-bond acceptors (Lipinski definition) is 6. The number of piperidine rings is 1. The van der Waals surface area contributed by atoms with Gasteiger partial charge in [-0.1, -0.05) is 6.92 Å². The first-order valence-electron chi connectivity index (χ1n) is 6.87. The van der Waals surface area contributed by atoms with Crippen molar-refractivity contribution in [3.8, 4) is 0 Å². The van der Waals surface area contributed by atoms with Gasteiger partial charge in [0.2, 0.25) is 0 Å². The predicted molar refractivity (Wildman–Crippen MR) is 72.1 cm³/mol. The van der Waals surface area contributed by atoms with Crippen molar-refractivity contribution in [2.24, 2.45) is 5.92 Å². The Kier molecular flexibility index (Phi) is 4.96. The molecule has 1 aliphatic rings. The zero-order chi connectivity index (χ0) is 15.6. The Labute approximate surface area is 119 Å². The lowest BCUT2D eigenvalue weighted by molar-refractivity contribution is -0.759. The summed E-state index contributed by atoms with van der Waals surface area (Å²) in [5, 5.41) is 11.3. The van der Waals surface area contributed by atoms with Crippen LogP contribution in [0.5, 0.6) is 0 Å². The quantitative estimate of drug-likeness (QED) is 0.570. The van der Waals surface area contributed by atoms with Gasteiger partial charge in [-0.25, -0.2) is 0 Å². The minimum Gasteiger partial charge on any atom is -0.367 e. The first-order chi connectivity index (χ1) is 9.08. The van der Waals surface area contributed by atoms with Crippen LogP contribution < -0.4 is 0 Å². The summed E-state index contributed by atoms with van der Waals surface area (Å²) >= 11 is 0. The van der Waals surface area contributed by atoms with Crippen molar-refractivity contribution in [3.05, 3.63) is 10.1 Å². The summed E-state index contributed by atoms with van der Waals surface area (Å²) in [7, 11) is 0. The van der Waals surface area contributed by atoms with Crippen LogP contribution in [0.15, 0.2) is 0 Å². The maximum absolute atomic E-state index is 11.6. The Morgan fingerprint density at radius 1 is 1.30 bits per heavy atom. The minimum atomic E-state index is -0.760. The Bertz CT molecular complexity index is 363. The summed E-state index contributed by atoms with van der Waals surface area (Å²) in [6, 6.07) is 0. The van der Waals surface area contributed by atoms with Gasteiger partial charge < -0.3 is 9.68 Å². The first-order valence-corrected chi connectivity index (χ1v) is 6.87. The van der Waals surface area contributed by atoms with E-state index in [1.54, 1.807) is 12.0 Å². The van der Waals surface area contributed by atoms with Gasteiger partial charge in [0.25, 0.3) is 5.09 Å². The van der Waals surface area contributed by atoms with Gasteiger partial charge in [0.05, 0.1) is 17.7 Å². The molecule has 0 spiro atoms. The highest BCUT2D eigenvalue weighted by Crippen LogP contribution is 2.41. The maximum Gasteiger partial charge on any atom is 0.324 e. The van der Waals surface area contributed by atoms with E-state index in [1.807, 2.05) is 27.7 Å². The number of carbonyl (C=O) groups is 1. The van der Waals surface area contributed by atoms with E-state index in [-0.39, 0.29) is 18.5 Å². The van der Waals surface area contributed by atoms with E-state index < -0.39 is 16.2 Å². The SMILES string of the molecule is CCC(=O)ON1C(C)(C)CC(CO[N+](=O)[O-])CC1(C)C. The number of hydrogen-bond donors (Lipinski definition) is 0. The molecule has 0 aromatic carbocycles. The minimum absolute atomic E-state index is 0.0574. The fraction of sp³-hybridized carbons (Fsp3) is 0.923. The van der Waals surface area contributed by atoms with E-state index in [4.69, 9.17) is 4.84 Å². The summed E-state index contributed by atoms with van der Waals surface area (Å²) in [6.07, 6.45) is 1.65. The smallest absolute Gasteiger partial charge is 0.324 e. The second-order valence-electron chi connectivity index (χ2n) is 6.53. The van der Waals surface area contributed by atoms with Crippen LogP contribution in [-0.4, -0.2) is 33.8 Å². The number of carbonyl (C=O) groups excluding carboxylic acids is 1. The molecule has 0 aliphatic carbocycles. The molecule has 0 unspecified atom stereocenters. The fourth-order valence-corrected chi connectivity index (χ4v) is 3.17. The molecule has 7 heteroatoms. The summed E-state index contributed by atoms with van der Waals surface area (Å²) in [5.41, 5.74) is -0.783. The molecule has 0 aromatic heterocycles. The molecule has 0 saturated carbocycles. The van der Waals surface area contributed by atoms with E-state index >= 15 is 0 Å². The van der Waals surface area contributed by atoms with Crippen molar-refractivity contribution in [2.45, 2.75) is 65.0 Å². The lowest BCUT2D eigenvalue weighted by Crippen LogP contribution is -2.61. The molecular weight excluding hydrogens is 264 g/mol. The molecular formula is C13H24N2O5. The molecule has 1 aliphatic heterocycles. The van der Waals surface area contributed by atoms with E-state index in [2.05, 4.69) is 4.84 Å². The molecule has 1 rings (SSSR count). The molecule has 1 fully saturated rings. The van der Waals surface area contributed by atoms with Gasteiger partial charge in [0.1, 0.15) is 0 Å². The van der Waals surface area contributed by atoms with Gasteiger partial charge in [-0.15, -0.1) is 15.2 Å².